The van der Waals surface area contributed by atoms with Crippen LogP contribution < -0.4 is 20.4 Å². The highest BCUT2D eigenvalue weighted by atomic mass is 32.1. The van der Waals surface area contributed by atoms with Crippen LogP contribution in [-0.2, 0) is 0 Å². The number of nitrogens with one attached hydrogen (secondary N) is 2. The van der Waals surface area contributed by atoms with Crippen molar-refractivity contribution < 1.29 is 8.83 Å². The first kappa shape index (κ1) is 35.4. The van der Waals surface area contributed by atoms with E-state index < -0.39 is 0 Å². The van der Waals surface area contributed by atoms with E-state index in [1.807, 2.05) is 43.5 Å². The minimum absolute atomic E-state index is 0.236. The zero-order chi connectivity index (χ0) is 38.3. The first-order valence-electron chi connectivity index (χ1n) is 20.1. The average molecular weight is 776 g/mol. The summed E-state index contributed by atoms with van der Waals surface area (Å²) in [4.78, 5) is 30.5. The SMILES string of the molecule is Cc1ccc(Nc2cc(N3CCCCC3)ccc2C2=CC3=CC(c4ccc(N5CCCCC5)cc4Nc4ccc(C)o4)=NC4=NC(c5nccs5)=NC(=N2)C4C3)o1. The third-order valence-electron chi connectivity index (χ3n) is 11.2. The van der Waals surface area contributed by atoms with E-state index in [1.54, 1.807) is 6.20 Å². The standard InChI is InChI=1S/C45H45N9O2S/c1-28-9-15-40(55-28)47-38-26-31(53-18-5-3-6-19-53)11-13-33(38)36-24-30-23-35-42(49-36)51-44(45-46-17-22-57-45)52-43(35)50-37(25-30)34-14-12-32(54-20-7-4-8-21-54)27-39(34)48-41-16-10-29(2)56-41/h9-17,22,24-27,35,47-48H,3-8,18-21,23H2,1-2H3. The van der Waals surface area contributed by atoms with E-state index in [9.17, 15) is 0 Å². The Labute approximate surface area is 336 Å². The molecule has 0 spiro atoms. The molecule has 0 amide bonds. The van der Waals surface area contributed by atoms with Crippen LogP contribution in [0.25, 0.3) is 5.70 Å². The molecule has 1 unspecified atom stereocenters. The molecule has 8 heterocycles. The van der Waals surface area contributed by atoms with E-state index in [1.165, 1.54) is 61.2 Å². The molecule has 5 aliphatic rings. The van der Waals surface area contributed by atoms with Crippen molar-refractivity contribution in [2.75, 3.05) is 46.6 Å². The average Bonchev–Trinajstić information content (AvgIpc) is 3.97. The summed E-state index contributed by atoms with van der Waals surface area (Å²) in [5.74, 6) is 4.71. The third kappa shape index (κ3) is 7.37. The van der Waals surface area contributed by atoms with Gasteiger partial charge in [0.25, 0.3) is 0 Å². The molecule has 10 rings (SSSR count). The Morgan fingerprint density at radius 1 is 0.649 bits per heavy atom. The van der Waals surface area contributed by atoms with Crippen LogP contribution in [0.15, 0.2) is 119 Å². The number of aromatic nitrogens is 1. The Kier molecular flexibility index (Phi) is 9.41. The maximum atomic E-state index is 6.05. The Morgan fingerprint density at radius 3 is 1.86 bits per heavy atom. The third-order valence-corrected chi connectivity index (χ3v) is 12.0. The first-order valence-corrected chi connectivity index (χ1v) is 21.0. The van der Waals surface area contributed by atoms with Gasteiger partial charge >= 0.3 is 0 Å². The molecule has 0 aliphatic carbocycles. The summed E-state index contributed by atoms with van der Waals surface area (Å²) in [7, 11) is 0. The fraction of sp³-hybridized carbons (Fsp3) is 0.311. The van der Waals surface area contributed by atoms with Gasteiger partial charge < -0.3 is 29.3 Å². The van der Waals surface area contributed by atoms with Crippen molar-refractivity contribution in [2.24, 2.45) is 25.9 Å². The number of benzene rings is 2. The Bertz CT molecular complexity index is 2400. The lowest BCUT2D eigenvalue weighted by Crippen LogP contribution is -2.29. The number of anilines is 6. The molecule has 2 saturated heterocycles. The molecule has 2 aromatic carbocycles. The Balaban J connectivity index is 1.12. The molecule has 57 heavy (non-hydrogen) atoms. The van der Waals surface area contributed by atoms with Gasteiger partial charge in [0.05, 0.1) is 28.7 Å². The van der Waals surface area contributed by atoms with E-state index in [4.69, 9.17) is 28.8 Å². The summed E-state index contributed by atoms with van der Waals surface area (Å²) >= 11 is 1.51. The van der Waals surface area contributed by atoms with Crippen molar-refractivity contribution in [3.63, 3.8) is 0 Å². The lowest BCUT2D eigenvalue weighted by atomic mass is 9.96. The van der Waals surface area contributed by atoms with Crippen LogP contribution in [0.5, 0.6) is 0 Å². The maximum absolute atomic E-state index is 6.05. The minimum Gasteiger partial charge on any atom is -0.446 e. The van der Waals surface area contributed by atoms with Crippen molar-refractivity contribution in [1.82, 2.24) is 4.98 Å². The number of aliphatic imine (C=N–C) groups is 4. The molecule has 288 valence electrons. The van der Waals surface area contributed by atoms with Crippen molar-refractivity contribution in [3.05, 3.63) is 118 Å². The summed E-state index contributed by atoms with van der Waals surface area (Å²) < 4.78 is 12.1. The lowest BCUT2D eigenvalue weighted by Gasteiger charge is -2.29. The van der Waals surface area contributed by atoms with Gasteiger partial charge in [-0.1, -0.05) is 0 Å². The molecular formula is C45H45N9O2S. The van der Waals surface area contributed by atoms with E-state index >= 15 is 0 Å². The molecule has 0 saturated carbocycles. The number of nitrogens with zero attached hydrogens (tertiary/aromatic N) is 7. The smallest absolute Gasteiger partial charge is 0.197 e. The van der Waals surface area contributed by atoms with Crippen LogP contribution >= 0.6 is 11.3 Å². The summed E-state index contributed by atoms with van der Waals surface area (Å²) in [6.07, 6.45) is 14.2. The van der Waals surface area contributed by atoms with E-state index in [0.717, 1.165) is 82.2 Å². The van der Waals surface area contributed by atoms with Crippen LogP contribution in [0.1, 0.15) is 72.6 Å². The van der Waals surface area contributed by atoms with Crippen LogP contribution in [0, 0.1) is 19.8 Å². The van der Waals surface area contributed by atoms with Crippen molar-refractivity contribution in [3.8, 4) is 0 Å². The lowest BCUT2D eigenvalue weighted by molar-refractivity contribution is 0.550. The largest absolute Gasteiger partial charge is 0.446 e. The fourth-order valence-corrected chi connectivity index (χ4v) is 8.92. The second-order valence-electron chi connectivity index (χ2n) is 15.3. The number of furan rings is 2. The molecule has 0 radical (unpaired) electrons. The van der Waals surface area contributed by atoms with Gasteiger partial charge in [-0.15, -0.1) is 11.3 Å². The number of piperidine rings is 2. The summed E-state index contributed by atoms with van der Waals surface area (Å²) in [5, 5.41) is 9.90. The quantitative estimate of drug-likeness (QED) is 0.153. The molecule has 5 aromatic rings. The van der Waals surface area contributed by atoms with Gasteiger partial charge in [-0.2, -0.15) is 0 Å². The van der Waals surface area contributed by atoms with Crippen LogP contribution in [0.4, 0.5) is 34.5 Å². The number of amidine groups is 3. The maximum Gasteiger partial charge on any atom is 0.197 e. The number of thiazole rings is 1. The Morgan fingerprint density at radius 2 is 1.26 bits per heavy atom. The molecule has 11 nitrogen and oxygen atoms in total. The van der Waals surface area contributed by atoms with Crippen molar-refractivity contribution >= 4 is 74.8 Å². The molecular weight excluding hydrogens is 731 g/mol. The summed E-state index contributed by atoms with van der Waals surface area (Å²) in [6.45, 7) is 8.11. The topological polar surface area (TPSA) is 119 Å². The zero-order valence-corrected chi connectivity index (χ0v) is 33.1. The zero-order valence-electron chi connectivity index (χ0n) is 32.3. The normalized spacial score (nSPS) is 19.4. The molecule has 5 aliphatic heterocycles. The molecule has 1 atom stereocenters. The molecule has 2 N–H and O–H groups in total. The number of rotatable bonds is 9. The fourth-order valence-electron chi connectivity index (χ4n) is 8.35. The van der Waals surface area contributed by atoms with E-state index in [2.05, 4.69) is 74.0 Å². The van der Waals surface area contributed by atoms with Gasteiger partial charge in [0.15, 0.2) is 22.6 Å². The Hall–Kier alpha value is -6.01. The van der Waals surface area contributed by atoms with Gasteiger partial charge in [-0.05, 0) is 125 Å². The molecule has 2 fully saturated rings. The van der Waals surface area contributed by atoms with Crippen LogP contribution in [0.3, 0.4) is 0 Å². The number of fused-ring (bicyclic) bond motifs is 1. The van der Waals surface area contributed by atoms with E-state index in [-0.39, 0.29) is 5.92 Å². The predicted molar refractivity (Wildman–Crippen MR) is 233 cm³/mol. The van der Waals surface area contributed by atoms with Gasteiger partial charge in [0.1, 0.15) is 23.2 Å². The monoisotopic (exact) mass is 775 g/mol. The predicted octanol–water partition coefficient (Wildman–Crippen LogP) is 10.5. The number of allylic oxidation sites excluding steroid dienone is 3. The van der Waals surface area contributed by atoms with Crippen LogP contribution in [-0.4, -0.2) is 54.4 Å². The van der Waals surface area contributed by atoms with Gasteiger partial charge in [0.2, 0.25) is 0 Å². The van der Waals surface area contributed by atoms with Gasteiger partial charge in [-0.25, -0.2) is 25.0 Å². The van der Waals surface area contributed by atoms with E-state index in [0.29, 0.717) is 35.7 Å². The molecule has 3 aromatic heterocycles. The number of hydrogen-bond acceptors (Lipinski definition) is 12. The molecule has 2 bridgehead atoms. The minimum atomic E-state index is -0.236. The van der Waals surface area contributed by atoms with Gasteiger partial charge in [-0.3, -0.25) is 0 Å². The van der Waals surface area contributed by atoms with Crippen molar-refractivity contribution in [2.45, 2.75) is 58.8 Å². The number of hydrogen-bond donors (Lipinski definition) is 2. The number of aryl methyl sites for hydroxylation is 2. The molecule has 12 heteroatoms. The summed E-state index contributed by atoms with van der Waals surface area (Å²) in [6, 6.07) is 21.2. The van der Waals surface area contributed by atoms with Crippen LogP contribution in [0.2, 0.25) is 0 Å². The highest BCUT2D eigenvalue weighted by Crippen LogP contribution is 2.39. The second kappa shape index (κ2) is 15.2. The summed E-state index contributed by atoms with van der Waals surface area (Å²) in [5.41, 5.74) is 8.85. The highest BCUT2D eigenvalue weighted by Gasteiger charge is 2.34. The second-order valence-corrected chi connectivity index (χ2v) is 16.2. The van der Waals surface area contributed by atoms with Crippen molar-refractivity contribution in [1.29, 1.82) is 0 Å². The van der Waals surface area contributed by atoms with Gasteiger partial charge in [0, 0.05) is 72.4 Å². The first-order chi connectivity index (χ1) is 28.0. The highest BCUT2D eigenvalue weighted by molar-refractivity contribution is 7.11.